The summed E-state index contributed by atoms with van der Waals surface area (Å²) < 4.78 is 4.98. The fraction of sp³-hybridized carbons (Fsp3) is 0. The number of hydrogen-bond donors (Lipinski definition) is 0. The molecule has 0 saturated heterocycles. The van der Waals surface area contributed by atoms with Gasteiger partial charge in [0.05, 0.1) is 12.3 Å². The van der Waals surface area contributed by atoms with Gasteiger partial charge in [0.25, 0.3) is 0 Å². The van der Waals surface area contributed by atoms with E-state index in [0.717, 1.165) is 0 Å². The van der Waals surface area contributed by atoms with Gasteiger partial charge in [0, 0.05) is 11.1 Å². The summed E-state index contributed by atoms with van der Waals surface area (Å²) in [5.74, 6) is -0.501. The first-order chi connectivity index (χ1) is 12.6. The van der Waals surface area contributed by atoms with E-state index in [-0.39, 0.29) is 23.1 Å². The molecular weight excluding hydrogens is 334 g/mol. The first-order valence-electron chi connectivity index (χ1n) is 7.65. The number of nitrogens with zero attached hydrogens (tertiary/aromatic N) is 3. The molecule has 0 aliphatic carbocycles. The third kappa shape index (κ3) is 3.96. The second-order valence-corrected chi connectivity index (χ2v) is 5.19. The third-order valence-electron chi connectivity index (χ3n) is 3.43. The van der Waals surface area contributed by atoms with Crippen molar-refractivity contribution < 1.29 is 14.1 Å². The monoisotopic (exact) mass is 347 g/mol. The van der Waals surface area contributed by atoms with E-state index in [9.17, 15) is 14.9 Å². The molecule has 0 spiro atoms. The standard InChI is InChI=1S/C19H13N3O4/c23-19(15-9-5-2-6-10-15)18(14-7-3-1-4-8-14)21-20-13-16-11-12-17(26-16)22(24)25/h1-13H/b20-13-,21-18-. The van der Waals surface area contributed by atoms with Crippen molar-refractivity contribution in [3.05, 3.63) is 99.8 Å². The summed E-state index contributed by atoms with van der Waals surface area (Å²) in [5, 5.41) is 18.5. The molecule has 1 aromatic heterocycles. The molecule has 0 aliphatic rings. The van der Waals surface area contributed by atoms with Gasteiger partial charge in [-0.05, 0) is 6.07 Å². The summed E-state index contributed by atoms with van der Waals surface area (Å²) in [6.07, 6.45) is 1.22. The lowest BCUT2D eigenvalue weighted by molar-refractivity contribution is -0.402. The van der Waals surface area contributed by atoms with Gasteiger partial charge >= 0.3 is 5.88 Å². The summed E-state index contributed by atoms with van der Waals surface area (Å²) in [6, 6.07) is 20.3. The summed E-state index contributed by atoms with van der Waals surface area (Å²) >= 11 is 0. The summed E-state index contributed by atoms with van der Waals surface area (Å²) in [5.41, 5.74) is 1.26. The molecule has 0 bridgehead atoms. The molecule has 3 rings (SSSR count). The van der Waals surface area contributed by atoms with Crippen LogP contribution in [0.1, 0.15) is 21.7 Å². The average Bonchev–Trinajstić information content (AvgIpc) is 3.15. The number of furan rings is 1. The van der Waals surface area contributed by atoms with Crippen molar-refractivity contribution in [2.75, 3.05) is 0 Å². The first-order valence-corrected chi connectivity index (χ1v) is 7.65. The number of benzene rings is 2. The zero-order valence-corrected chi connectivity index (χ0v) is 13.5. The van der Waals surface area contributed by atoms with E-state index in [4.69, 9.17) is 4.42 Å². The molecule has 26 heavy (non-hydrogen) atoms. The second kappa shape index (κ2) is 7.80. The van der Waals surface area contributed by atoms with Crippen LogP contribution in [0.25, 0.3) is 0 Å². The Hall–Kier alpha value is -3.87. The number of rotatable bonds is 6. The Morgan fingerprint density at radius 2 is 1.54 bits per heavy atom. The van der Waals surface area contributed by atoms with Crippen LogP contribution in [0.15, 0.2) is 87.4 Å². The maximum atomic E-state index is 12.8. The van der Waals surface area contributed by atoms with Gasteiger partial charge in [0.1, 0.15) is 10.6 Å². The van der Waals surface area contributed by atoms with Crippen LogP contribution in [0.3, 0.4) is 0 Å². The van der Waals surface area contributed by atoms with Gasteiger partial charge in [-0.3, -0.25) is 14.9 Å². The van der Waals surface area contributed by atoms with Crippen molar-refractivity contribution in [1.29, 1.82) is 0 Å². The van der Waals surface area contributed by atoms with Gasteiger partial charge in [-0.15, -0.1) is 5.10 Å². The third-order valence-corrected chi connectivity index (χ3v) is 3.43. The van der Waals surface area contributed by atoms with Crippen LogP contribution in [0.4, 0.5) is 5.88 Å². The highest BCUT2D eigenvalue weighted by Crippen LogP contribution is 2.14. The lowest BCUT2D eigenvalue weighted by atomic mass is 10.0. The van der Waals surface area contributed by atoms with Gasteiger partial charge in [0.2, 0.25) is 5.78 Å². The van der Waals surface area contributed by atoms with Gasteiger partial charge < -0.3 is 4.42 Å². The van der Waals surface area contributed by atoms with Crippen LogP contribution in [0.2, 0.25) is 0 Å². The molecule has 0 atom stereocenters. The van der Waals surface area contributed by atoms with Crippen molar-refractivity contribution >= 4 is 23.6 Å². The van der Waals surface area contributed by atoms with Crippen LogP contribution in [-0.2, 0) is 0 Å². The highest BCUT2D eigenvalue weighted by Gasteiger charge is 2.16. The molecule has 0 fully saturated rings. The van der Waals surface area contributed by atoms with Crippen molar-refractivity contribution in [3.8, 4) is 0 Å². The number of Topliss-reactive ketones (excluding diaryl/α,β-unsaturated/α-hetero) is 1. The lowest BCUT2D eigenvalue weighted by Crippen LogP contribution is -2.15. The average molecular weight is 347 g/mol. The smallest absolute Gasteiger partial charge is 0.400 e. The van der Waals surface area contributed by atoms with E-state index in [1.807, 2.05) is 12.1 Å². The van der Waals surface area contributed by atoms with Crippen molar-refractivity contribution in [2.24, 2.45) is 10.2 Å². The predicted molar refractivity (Wildman–Crippen MR) is 96.7 cm³/mol. The Morgan fingerprint density at radius 3 is 2.12 bits per heavy atom. The number of carbonyl (C=O) groups excluding carboxylic acids is 1. The van der Waals surface area contributed by atoms with Crippen LogP contribution < -0.4 is 0 Å². The molecular formula is C19H13N3O4. The largest absolute Gasteiger partial charge is 0.433 e. The fourth-order valence-corrected chi connectivity index (χ4v) is 2.21. The van der Waals surface area contributed by atoms with Crippen LogP contribution in [-0.4, -0.2) is 22.6 Å². The molecule has 7 heteroatoms. The van der Waals surface area contributed by atoms with Gasteiger partial charge in [0.15, 0.2) is 5.76 Å². The Kier molecular flexibility index (Phi) is 5.09. The second-order valence-electron chi connectivity index (χ2n) is 5.19. The van der Waals surface area contributed by atoms with E-state index in [1.54, 1.807) is 48.5 Å². The quantitative estimate of drug-likeness (QED) is 0.292. The minimum Gasteiger partial charge on any atom is -0.400 e. The number of ketones is 1. The fourth-order valence-electron chi connectivity index (χ4n) is 2.21. The zero-order chi connectivity index (χ0) is 18.4. The molecule has 1 heterocycles. The highest BCUT2D eigenvalue weighted by atomic mass is 16.6. The number of hydrogen-bond acceptors (Lipinski definition) is 6. The summed E-state index contributed by atoms with van der Waals surface area (Å²) in [4.78, 5) is 22.7. The van der Waals surface area contributed by atoms with E-state index in [0.29, 0.717) is 11.1 Å². The van der Waals surface area contributed by atoms with Crippen LogP contribution in [0.5, 0.6) is 0 Å². The molecule has 0 radical (unpaired) electrons. The first kappa shape index (κ1) is 17.0. The van der Waals surface area contributed by atoms with Crippen molar-refractivity contribution in [2.45, 2.75) is 0 Å². The molecule has 0 amide bonds. The topological polar surface area (TPSA) is 98.1 Å². The molecule has 0 N–H and O–H groups in total. The highest BCUT2D eigenvalue weighted by molar-refractivity contribution is 6.51. The van der Waals surface area contributed by atoms with Crippen molar-refractivity contribution in [1.82, 2.24) is 0 Å². The Labute approximate surface area is 148 Å². The normalized spacial score (nSPS) is 11.6. The van der Waals surface area contributed by atoms with E-state index < -0.39 is 4.92 Å². The number of carbonyl (C=O) groups is 1. The molecule has 0 aliphatic heterocycles. The van der Waals surface area contributed by atoms with Gasteiger partial charge in [-0.2, -0.15) is 5.10 Å². The molecule has 128 valence electrons. The Morgan fingerprint density at radius 1 is 0.923 bits per heavy atom. The van der Waals surface area contributed by atoms with Crippen molar-refractivity contribution in [3.63, 3.8) is 0 Å². The molecule has 2 aromatic carbocycles. The zero-order valence-electron chi connectivity index (χ0n) is 13.5. The maximum absolute atomic E-state index is 12.8. The van der Waals surface area contributed by atoms with Gasteiger partial charge in [-0.1, -0.05) is 60.7 Å². The minimum absolute atomic E-state index is 0.161. The Balaban J connectivity index is 1.92. The SMILES string of the molecule is O=C(/C(=N\N=C/c1ccc([N+](=O)[O-])o1)c1ccccc1)c1ccccc1. The molecule has 0 saturated carbocycles. The van der Waals surface area contributed by atoms with Crippen LogP contribution in [0, 0.1) is 10.1 Å². The van der Waals surface area contributed by atoms with E-state index >= 15 is 0 Å². The summed E-state index contributed by atoms with van der Waals surface area (Å²) in [7, 11) is 0. The minimum atomic E-state index is -0.644. The van der Waals surface area contributed by atoms with Gasteiger partial charge in [-0.25, -0.2) is 0 Å². The number of nitro groups is 1. The summed E-state index contributed by atoms with van der Waals surface area (Å²) in [6.45, 7) is 0. The predicted octanol–water partition coefficient (Wildman–Crippen LogP) is 3.89. The molecule has 3 aromatic rings. The molecule has 0 unspecified atom stereocenters. The lowest BCUT2D eigenvalue weighted by Gasteiger charge is -2.04. The van der Waals surface area contributed by atoms with E-state index in [2.05, 4.69) is 10.2 Å². The Bertz CT molecular complexity index is 976. The maximum Gasteiger partial charge on any atom is 0.433 e. The van der Waals surface area contributed by atoms with E-state index in [1.165, 1.54) is 18.3 Å². The van der Waals surface area contributed by atoms with Crippen LogP contribution >= 0.6 is 0 Å². The molecule has 7 nitrogen and oxygen atoms in total.